The Morgan fingerprint density at radius 2 is 1.66 bits per heavy atom. The number of benzene rings is 3. The summed E-state index contributed by atoms with van der Waals surface area (Å²) in [6, 6.07) is 16.5. The monoisotopic (exact) mass is 437 g/mol. The van der Waals surface area contributed by atoms with Gasteiger partial charge in [0.1, 0.15) is 12.4 Å². The van der Waals surface area contributed by atoms with E-state index in [4.69, 9.17) is 14.2 Å². The van der Waals surface area contributed by atoms with Crippen LogP contribution in [0.2, 0.25) is 0 Å². The lowest BCUT2D eigenvalue weighted by molar-refractivity contribution is 0.0953. The van der Waals surface area contributed by atoms with Crippen molar-refractivity contribution in [3.05, 3.63) is 88.2 Å². The molecule has 0 saturated carbocycles. The van der Waals surface area contributed by atoms with E-state index < -0.39 is 5.82 Å². The number of nitrogens with one attached hydrogen (secondary N) is 1. The van der Waals surface area contributed by atoms with Gasteiger partial charge in [0.25, 0.3) is 5.91 Å². The molecule has 3 aromatic rings. The first-order valence-corrected chi connectivity index (χ1v) is 10.4. The quantitative estimate of drug-likeness (QED) is 0.511. The van der Waals surface area contributed by atoms with Crippen molar-refractivity contribution in [2.75, 3.05) is 20.8 Å². The van der Waals surface area contributed by atoms with E-state index in [9.17, 15) is 4.79 Å². The molecule has 5 nitrogen and oxygen atoms in total. The molecule has 0 atom stereocenters. The Hall–Kier alpha value is -3.54. The molecule has 0 aliphatic carbocycles. The number of rotatable bonds is 9. The molecule has 0 aromatic heterocycles. The summed E-state index contributed by atoms with van der Waals surface area (Å²) in [6.45, 7) is 4.25. The van der Waals surface area contributed by atoms with E-state index in [2.05, 4.69) is 5.32 Å². The zero-order chi connectivity index (χ0) is 23.1. The lowest BCUT2D eigenvalue weighted by Gasteiger charge is -2.15. The van der Waals surface area contributed by atoms with Crippen LogP contribution in [0.15, 0.2) is 54.6 Å². The molecule has 32 heavy (non-hydrogen) atoms. The first kappa shape index (κ1) is 23.1. The summed E-state index contributed by atoms with van der Waals surface area (Å²) < 4.78 is 31.4. The van der Waals surface area contributed by atoms with Crippen molar-refractivity contribution in [2.45, 2.75) is 26.9 Å². The first-order chi connectivity index (χ1) is 15.4. The SMILES string of the molecule is COc1cc(C)c(C(=O)NCCc2ccc(OC)c(OCc3ccccc3)c2F)cc1C. The summed E-state index contributed by atoms with van der Waals surface area (Å²) in [6.07, 6.45) is 0.317. The Morgan fingerprint density at radius 1 is 0.938 bits per heavy atom. The van der Waals surface area contributed by atoms with E-state index >= 15 is 4.39 Å². The summed E-state index contributed by atoms with van der Waals surface area (Å²) in [5.41, 5.74) is 3.64. The second-order valence-electron chi connectivity index (χ2n) is 7.49. The van der Waals surface area contributed by atoms with Gasteiger partial charge in [-0.1, -0.05) is 36.4 Å². The molecule has 0 unspecified atom stereocenters. The van der Waals surface area contributed by atoms with Crippen molar-refractivity contribution in [1.29, 1.82) is 0 Å². The summed E-state index contributed by atoms with van der Waals surface area (Å²) in [5.74, 6) is 0.452. The number of hydrogen-bond donors (Lipinski definition) is 1. The highest BCUT2D eigenvalue weighted by Crippen LogP contribution is 2.33. The molecule has 1 amide bonds. The molecule has 0 fully saturated rings. The van der Waals surface area contributed by atoms with Gasteiger partial charge in [-0.2, -0.15) is 0 Å². The summed E-state index contributed by atoms with van der Waals surface area (Å²) in [5, 5.41) is 2.87. The van der Waals surface area contributed by atoms with E-state index in [1.807, 2.05) is 50.2 Å². The number of halogens is 1. The summed E-state index contributed by atoms with van der Waals surface area (Å²) in [4.78, 5) is 12.6. The van der Waals surface area contributed by atoms with E-state index in [0.717, 1.165) is 22.4 Å². The average Bonchev–Trinajstić information content (AvgIpc) is 2.80. The van der Waals surface area contributed by atoms with Crippen LogP contribution in [0.25, 0.3) is 0 Å². The van der Waals surface area contributed by atoms with E-state index in [-0.39, 0.29) is 24.8 Å². The fraction of sp³-hybridized carbons (Fsp3) is 0.269. The second kappa shape index (κ2) is 10.7. The predicted molar refractivity (Wildman–Crippen MR) is 122 cm³/mol. The molecule has 0 aliphatic rings. The van der Waals surface area contributed by atoms with Crippen LogP contribution in [0.3, 0.4) is 0 Å². The first-order valence-electron chi connectivity index (χ1n) is 10.4. The van der Waals surface area contributed by atoms with Crippen LogP contribution in [-0.4, -0.2) is 26.7 Å². The van der Waals surface area contributed by atoms with Crippen LogP contribution < -0.4 is 19.5 Å². The van der Waals surface area contributed by atoms with Gasteiger partial charge in [0.15, 0.2) is 17.3 Å². The maximum atomic E-state index is 15.1. The van der Waals surface area contributed by atoms with Crippen molar-refractivity contribution in [3.8, 4) is 17.2 Å². The summed E-state index contributed by atoms with van der Waals surface area (Å²) >= 11 is 0. The molecule has 0 aliphatic heterocycles. The highest BCUT2D eigenvalue weighted by molar-refractivity contribution is 5.96. The lowest BCUT2D eigenvalue weighted by Crippen LogP contribution is -2.26. The fourth-order valence-corrected chi connectivity index (χ4v) is 3.46. The normalized spacial score (nSPS) is 10.5. The van der Waals surface area contributed by atoms with Gasteiger partial charge >= 0.3 is 0 Å². The number of methoxy groups -OCH3 is 2. The van der Waals surface area contributed by atoms with E-state index in [1.54, 1.807) is 25.3 Å². The van der Waals surface area contributed by atoms with Crippen molar-refractivity contribution >= 4 is 5.91 Å². The molecular formula is C26H28FNO4. The molecule has 0 radical (unpaired) electrons. The molecule has 0 spiro atoms. The topological polar surface area (TPSA) is 56.8 Å². The van der Waals surface area contributed by atoms with E-state index in [0.29, 0.717) is 23.3 Å². The van der Waals surface area contributed by atoms with Crippen molar-refractivity contribution in [2.24, 2.45) is 0 Å². The minimum atomic E-state index is -0.481. The molecule has 6 heteroatoms. The van der Waals surface area contributed by atoms with Crippen molar-refractivity contribution in [3.63, 3.8) is 0 Å². The number of aryl methyl sites for hydroxylation is 2. The maximum Gasteiger partial charge on any atom is 0.251 e. The van der Waals surface area contributed by atoms with Gasteiger partial charge in [-0.25, -0.2) is 4.39 Å². The Bertz CT molecular complexity index is 1080. The molecular weight excluding hydrogens is 409 g/mol. The second-order valence-corrected chi connectivity index (χ2v) is 7.49. The average molecular weight is 438 g/mol. The summed E-state index contributed by atoms with van der Waals surface area (Å²) in [7, 11) is 3.08. The van der Waals surface area contributed by atoms with Gasteiger partial charge in [-0.3, -0.25) is 4.79 Å². The molecule has 3 aromatic carbocycles. The zero-order valence-corrected chi connectivity index (χ0v) is 18.8. The Balaban J connectivity index is 1.67. The van der Waals surface area contributed by atoms with Crippen LogP contribution in [-0.2, 0) is 13.0 Å². The molecule has 0 saturated heterocycles. The molecule has 0 bridgehead atoms. The van der Waals surface area contributed by atoms with Gasteiger partial charge in [-0.05, 0) is 60.7 Å². The molecule has 168 valence electrons. The third-order valence-electron chi connectivity index (χ3n) is 5.25. The minimum absolute atomic E-state index is 0.0711. The molecule has 3 rings (SSSR count). The van der Waals surface area contributed by atoms with Gasteiger partial charge in [0, 0.05) is 12.1 Å². The van der Waals surface area contributed by atoms with Crippen molar-refractivity contribution < 1.29 is 23.4 Å². The van der Waals surface area contributed by atoms with Crippen LogP contribution in [0.1, 0.15) is 32.6 Å². The molecule has 0 heterocycles. The minimum Gasteiger partial charge on any atom is -0.496 e. The number of carbonyl (C=O) groups is 1. The van der Waals surface area contributed by atoms with Gasteiger partial charge < -0.3 is 19.5 Å². The standard InChI is InChI=1S/C26H28FNO4/c1-17-15-23(31-4)18(2)14-21(17)26(29)28-13-12-20-10-11-22(30-3)25(24(20)27)32-16-19-8-6-5-7-9-19/h5-11,14-15H,12-13,16H2,1-4H3,(H,28,29). The fourth-order valence-electron chi connectivity index (χ4n) is 3.46. The Kier molecular flexibility index (Phi) is 7.71. The highest BCUT2D eigenvalue weighted by Gasteiger charge is 2.17. The van der Waals surface area contributed by atoms with Gasteiger partial charge in [0.05, 0.1) is 14.2 Å². The van der Waals surface area contributed by atoms with Crippen LogP contribution in [0.4, 0.5) is 4.39 Å². The number of hydrogen-bond acceptors (Lipinski definition) is 4. The van der Waals surface area contributed by atoms with Gasteiger partial charge in [-0.15, -0.1) is 0 Å². The maximum absolute atomic E-state index is 15.1. The highest BCUT2D eigenvalue weighted by atomic mass is 19.1. The van der Waals surface area contributed by atoms with Crippen LogP contribution >= 0.6 is 0 Å². The van der Waals surface area contributed by atoms with Crippen LogP contribution in [0, 0.1) is 19.7 Å². The zero-order valence-electron chi connectivity index (χ0n) is 18.8. The third kappa shape index (κ3) is 5.38. The third-order valence-corrected chi connectivity index (χ3v) is 5.25. The van der Waals surface area contributed by atoms with Gasteiger partial charge in [0.2, 0.25) is 0 Å². The lowest BCUT2D eigenvalue weighted by atomic mass is 10.0. The number of amides is 1. The Morgan fingerprint density at radius 3 is 2.34 bits per heavy atom. The van der Waals surface area contributed by atoms with Crippen molar-refractivity contribution in [1.82, 2.24) is 5.32 Å². The number of carbonyl (C=O) groups excluding carboxylic acids is 1. The smallest absolute Gasteiger partial charge is 0.251 e. The largest absolute Gasteiger partial charge is 0.496 e. The van der Waals surface area contributed by atoms with E-state index in [1.165, 1.54) is 7.11 Å². The molecule has 1 N–H and O–H groups in total. The van der Waals surface area contributed by atoms with Crippen LogP contribution in [0.5, 0.6) is 17.2 Å². The Labute approximate surface area is 188 Å². The number of ether oxygens (including phenoxy) is 3. The predicted octanol–water partition coefficient (Wildman–Crippen LogP) is 5.01.